The van der Waals surface area contributed by atoms with Gasteiger partial charge in [-0.3, -0.25) is 4.98 Å². The molecule has 1 aliphatic rings. The zero-order valence-corrected chi connectivity index (χ0v) is 9.98. The van der Waals surface area contributed by atoms with Crippen LogP contribution in [0.4, 0.5) is 0 Å². The molecule has 1 heterocycles. The molecular weight excluding hydrogens is 206 g/mol. The van der Waals surface area contributed by atoms with E-state index in [-0.39, 0.29) is 0 Å². The summed E-state index contributed by atoms with van der Waals surface area (Å²) in [6.07, 6.45) is 6.36. The van der Waals surface area contributed by atoms with E-state index < -0.39 is 0 Å². The van der Waals surface area contributed by atoms with Crippen molar-refractivity contribution >= 4 is 11.6 Å². The summed E-state index contributed by atoms with van der Waals surface area (Å²) >= 11 is 0. The van der Waals surface area contributed by atoms with Crippen molar-refractivity contribution in [2.24, 2.45) is 0 Å². The lowest BCUT2D eigenvalue weighted by Crippen LogP contribution is -2.32. The molecule has 0 aliphatic heterocycles. The molecule has 0 amide bonds. The van der Waals surface area contributed by atoms with Gasteiger partial charge in [0.2, 0.25) is 0 Å². The van der Waals surface area contributed by atoms with Gasteiger partial charge in [-0.1, -0.05) is 42.0 Å². The predicted octanol–water partition coefficient (Wildman–Crippen LogP) is 2.16. The summed E-state index contributed by atoms with van der Waals surface area (Å²) < 4.78 is 0. The molecule has 1 aromatic heterocycles. The predicted molar refractivity (Wildman–Crippen MR) is 70.9 cm³/mol. The molecule has 0 saturated carbocycles. The van der Waals surface area contributed by atoms with E-state index in [1.807, 2.05) is 12.3 Å². The molecular formula is C16H15N. The number of rotatable bonds is 1. The Kier molecular flexibility index (Phi) is 2.52. The van der Waals surface area contributed by atoms with Crippen LogP contribution in [0.25, 0.3) is 11.6 Å². The van der Waals surface area contributed by atoms with Gasteiger partial charge in [-0.25, -0.2) is 0 Å². The molecule has 0 unspecified atom stereocenters. The van der Waals surface area contributed by atoms with Gasteiger partial charge in [0.15, 0.2) is 0 Å². The third-order valence-corrected chi connectivity index (χ3v) is 3.28. The Bertz CT molecular complexity index is 651. The fourth-order valence-corrected chi connectivity index (χ4v) is 2.36. The zero-order valence-electron chi connectivity index (χ0n) is 9.98. The minimum atomic E-state index is 1.09. The van der Waals surface area contributed by atoms with E-state index in [9.17, 15) is 0 Å². The van der Waals surface area contributed by atoms with Crippen LogP contribution in [0.15, 0.2) is 42.6 Å². The lowest BCUT2D eigenvalue weighted by Gasteiger charge is -2.10. The number of aryl methyl sites for hydroxylation is 1. The summed E-state index contributed by atoms with van der Waals surface area (Å²) in [5.41, 5.74) is 3.99. The van der Waals surface area contributed by atoms with Crippen LogP contribution in [0.5, 0.6) is 0 Å². The highest BCUT2D eigenvalue weighted by molar-refractivity contribution is 5.67. The first-order chi connectivity index (χ1) is 8.34. The van der Waals surface area contributed by atoms with Crippen LogP contribution in [0, 0.1) is 6.92 Å². The number of hydrogen-bond acceptors (Lipinski definition) is 1. The van der Waals surface area contributed by atoms with Gasteiger partial charge in [-0.2, -0.15) is 0 Å². The van der Waals surface area contributed by atoms with Gasteiger partial charge in [-0.15, -0.1) is 0 Å². The normalized spacial score (nSPS) is 14.1. The average molecular weight is 221 g/mol. The first kappa shape index (κ1) is 10.3. The maximum atomic E-state index is 4.53. The van der Waals surface area contributed by atoms with Crippen molar-refractivity contribution in [2.45, 2.75) is 19.8 Å². The number of pyridine rings is 1. The second kappa shape index (κ2) is 4.17. The molecule has 0 atom stereocenters. The van der Waals surface area contributed by atoms with Crippen molar-refractivity contribution in [2.75, 3.05) is 0 Å². The average Bonchev–Trinajstić information content (AvgIpc) is 2.39. The smallest absolute Gasteiger partial charge is 0.0736 e. The molecule has 0 spiro atoms. The molecule has 0 bridgehead atoms. The van der Waals surface area contributed by atoms with E-state index in [2.05, 4.69) is 48.3 Å². The molecule has 1 nitrogen and oxygen atoms in total. The van der Waals surface area contributed by atoms with Gasteiger partial charge in [0, 0.05) is 6.20 Å². The maximum absolute atomic E-state index is 4.53. The largest absolute Gasteiger partial charge is 0.256 e. The van der Waals surface area contributed by atoms with Crippen LogP contribution in [0.3, 0.4) is 0 Å². The number of aromatic nitrogens is 1. The molecule has 1 heteroatoms. The van der Waals surface area contributed by atoms with Crippen molar-refractivity contribution in [1.29, 1.82) is 0 Å². The van der Waals surface area contributed by atoms with Crippen molar-refractivity contribution in [3.63, 3.8) is 0 Å². The Labute approximate surface area is 101 Å². The van der Waals surface area contributed by atoms with Gasteiger partial charge < -0.3 is 0 Å². The summed E-state index contributed by atoms with van der Waals surface area (Å²) in [5.74, 6) is 0. The topological polar surface area (TPSA) is 12.9 Å². The standard InChI is InChI=1S/C16H15N/c1-12-7-9-13(10-8-12)15-6-2-4-14-5-3-11-17-16(14)15/h3-5,7-11H,2,6H2,1H3. The first-order valence-electron chi connectivity index (χ1n) is 6.06. The Balaban J connectivity index is 2.28. The van der Waals surface area contributed by atoms with Gasteiger partial charge in [-0.05, 0) is 42.2 Å². The van der Waals surface area contributed by atoms with Gasteiger partial charge >= 0.3 is 0 Å². The fourth-order valence-electron chi connectivity index (χ4n) is 2.36. The van der Waals surface area contributed by atoms with Gasteiger partial charge in [0.1, 0.15) is 0 Å². The molecule has 0 N–H and O–H groups in total. The number of fused-ring (bicyclic) bond motifs is 1. The maximum Gasteiger partial charge on any atom is 0.0736 e. The highest BCUT2D eigenvalue weighted by atomic mass is 14.6. The summed E-state index contributed by atoms with van der Waals surface area (Å²) in [5, 5.41) is 2.43. The lowest BCUT2D eigenvalue weighted by molar-refractivity contribution is 1.04. The van der Waals surface area contributed by atoms with E-state index in [0.29, 0.717) is 0 Å². The Hall–Kier alpha value is -1.89. The first-order valence-corrected chi connectivity index (χ1v) is 6.06. The highest BCUT2D eigenvalue weighted by Gasteiger charge is 2.07. The second-order valence-corrected chi connectivity index (χ2v) is 4.53. The van der Waals surface area contributed by atoms with E-state index in [1.54, 1.807) is 0 Å². The van der Waals surface area contributed by atoms with Crippen LogP contribution in [-0.4, -0.2) is 4.98 Å². The highest BCUT2D eigenvalue weighted by Crippen LogP contribution is 2.18. The minimum Gasteiger partial charge on any atom is -0.256 e. The van der Waals surface area contributed by atoms with Crippen molar-refractivity contribution in [1.82, 2.24) is 4.98 Å². The molecule has 84 valence electrons. The Morgan fingerprint density at radius 2 is 1.88 bits per heavy atom. The van der Waals surface area contributed by atoms with Crippen LogP contribution < -0.4 is 10.6 Å². The fraction of sp³-hybridized carbons (Fsp3) is 0.188. The number of nitrogens with zero attached hydrogens (tertiary/aromatic N) is 1. The third kappa shape index (κ3) is 1.89. The van der Waals surface area contributed by atoms with Crippen molar-refractivity contribution in [3.8, 4) is 0 Å². The van der Waals surface area contributed by atoms with E-state index in [0.717, 1.165) is 18.2 Å². The monoisotopic (exact) mass is 221 g/mol. The van der Waals surface area contributed by atoms with Crippen LogP contribution in [-0.2, 0) is 0 Å². The molecule has 0 saturated heterocycles. The Morgan fingerprint density at radius 1 is 1.06 bits per heavy atom. The van der Waals surface area contributed by atoms with E-state index >= 15 is 0 Å². The summed E-state index contributed by atoms with van der Waals surface area (Å²) in [7, 11) is 0. The summed E-state index contributed by atoms with van der Waals surface area (Å²) in [6.45, 7) is 2.12. The summed E-state index contributed by atoms with van der Waals surface area (Å²) in [6, 6.07) is 12.9. The number of hydrogen-bond donors (Lipinski definition) is 0. The van der Waals surface area contributed by atoms with Crippen LogP contribution in [0.1, 0.15) is 24.0 Å². The van der Waals surface area contributed by atoms with Crippen molar-refractivity contribution < 1.29 is 0 Å². The minimum absolute atomic E-state index is 1.09. The van der Waals surface area contributed by atoms with E-state index in [4.69, 9.17) is 0 Å². The lowest BCUT2D eigenvalue weighted by atomic mass is 9.95. The molecule has 17 heavy (non-hydrogen) atoms. The van der Waals surface area contributed by atoms with E-state index in [1.165, 1.54) is 21.9 Å². The second-order valence-electron chi connectivity index (χ2n) is 4.53. The SMILES string of the molecule is Cc1ccc(C2=c3ncccc3=CCC2)cc1. The van der Waals surface area contributed by atoms with Crippen LogP contribution in [0.2, 0.25) is 0 Å². The quantitative estimate of drug-likeness (QED) is 0.719. The molecule has 3 rings (SSSR count). The molecule has 0 radical (unpaired) electrons. The summed E-state index contributed by atoms with van der Waals surface area (Å²) in [4.78, 5) is 4.53. The molecule has 1 aromatic carbocycles. The molecule has 0 fully saturated rings. The van der Waals surface area contributed by atoms with Gasteiger partial charge in [0.05, 0.1) is 5.35 Å². The number of benzene rings is 1. The Morgan fingerprint density at radius 3 is 2.71 bits per heavy atom. The zero-order chi connectivity index (χ0) is 11.7. The van der Waals surface area contributed by atoms with Crippen LogP contribution >= 0.6 is 0 Å². The molecule has 1 aliphatic carbocycles. The molecule has 2 aromatic rings. The van der Waals surface area contributed by atoms with Crippen molar-refractivity contribution in [3.05, 3.63) is 64.3 Å². The van der Waals surface area contributed by atoms with Gasteiger partial charge in [0.25, 0.3) is 0 Å². The third-order valence-electron chi connectivity index (χ3n) is 3.28.